The smallest absolute Gasteiger partial charge is 0.242 e. The van der Waals surface area contributed by atoms with Gasteiger partial charge in [-0.15, -0.1) is 0 Å². The molecule has 6 rings (SSSR count). The summed E-state index contributed by atoms with van der Waals surface area (Å²) in [5.41, 5.74) is 5.55. The van der Waals surface area contributed by atoms with E-state index in [1.165, 1.54) is 12.1 Å². The summed E-state index contributed by atoms with van der Waals surface area (Å²) in [6.45, 7) is 4.35. The first kappa shape index (κ1) is 40.0. The van der Waals surface area contributed by atoms with Crippen molar-refractivity contribution in [3.63, 3.8) is 0 Å². The van der Waals surface area contributed by atoms with E-state index in [9.17, 15) is 23.4 Å². The van der Waals surface area contributed by atoms with Gasteiger partial charge < -0.3 is 25.0 Å². The van der Waals surface area contributed by atoms with E-state index in [2.05, 4.69) is 14.9 Å². The minimum atomic E-state index is -4.00. The quantitative estimate of drug-likeness (QED) is 0.0935. The van der Waals surface area contributed by atoms with Crippen molar-refractivity contribution in [1.29, 1.82) is 0 Å². The molecule has 6 unspecified atom stereocenters. The minimum absolute atomic E-state index is 0.0545. The molecule has 0 bridgehead atoms. The zero-order chi connectivity index (χ0) is 39.0. The highest BCUT2D eigenvalue weighted by atomic mass is 32.2. The number of ether oxygens (including phenoxy) is 2. The van der Waals surface area contributed by atoms with Gasteiger partial charge in [-0.2, -0.15) is 4.72 Å². The van der Waals surface area contributed by atoms with Gasteiger partial charge >= 0.3 is 0 Å². The fourth-order valence-corrected chi connectivity index (χ4v) is 7.85. The molecule has 1 saturated heterocycles. The van der Waals surface area contributed by atoms with Crippen LogP contribution in [0.4, 0.5) is 5.69 Å². The lowest BCUT2D eigenvalue weighted by atomic mass is 9.98. The molecule has 4 N–H and O–H groups in total. The zero-order valence-electron chi connectivity index (χ0n) is 31.3. The molecule has 288 valence electrons. The van der Waals surface area contributed by atoms with E-state index in [-0.39, 0.29) is 36.2 Å². The van der Waals surface area contributed by atoms with Gasteiger partial charge in [0.1, 0.15) is 6.04 Å². The maximum absolute atomic E-state index is 13.7. The molecule has 55 heavy (non-hydrogen) atoms. The number of likely N-dealkylation sites (N-methyl/N-ethyl adjacent to an activating group) is 1. The average Bonchev–Trinajstić information content (AvgIpc) is 3.21. The largest absolute Gasteiger partial charge is 0.392 e. The van der Waals surface area contributed by atoms with Crippen molar-refractivity contribution in [2.45, 2.75) is 74.9 Å². The topological polar surface area (TPSA) is 137 Å². The number of amides is 1. The second-order valence-electron chi connectivity index (χ2n) is 14.2. The van der Waals surface area contributed by atoms with Gasteiger partial charge in [0.05, 0.1) is 29.8 Å². The minimum Gasteiger partial charge on any atom is -0.392 e. The van der Waals surface area contributed by atoms with Gasteiger partial charge in [0.25, 0.3) is 0 Å². The predicted molar refractivity (Wildman–Crippen MR) is 212 cm³/mol. The summed E-state index contributed by atoms with van der Waals surface area (Å²) >= 11 is 0. The van der Waals surface area contributed by atoms with Crippen LogP contribution >= 0.6 is 0 Å². The number of rotatable bonds is 15. The highest BCUT2D eigenvalue weighted by Gasteiger charge is 2.34. The molecule has 0 aromatic heterocycles. The number of aliphatic hydroxyl groups is 2. The number of carbonyl (C=O) groups is 1. The molecule has 1 heterocycles. The first-order valence-electron chi connectivity index (χ1n) is 18.5. The molecule has 0 radical (unpaired) electrons. The molecule has 10 nitrogen and oxygen atoms in total. The van der Waals surface area contributed by atoms with E-state index in [0.29, 0.717) is 18.7 Å². The summed E-state index contributed by atoms with van der Waals surface area (Å²) in [6, 6.07) is 38.9. The second kappa shape index (κ2) is 18.3. The average molecular weight is 764 g/mol. The molecule has 1 fully saturated rings. The van der Waals surface area contributed by atoms with E-state index < -0.39 is 34.4 Å². The maximum Gasteiger partial charge on any atom is 0.242 e. The third kappa shape index (κ3) is 10.5. The zero-order valence-corrected chi connectivity index (χ0v) is 32.1. The molecule has 6 atom stereocenters. The normalized spacial score (nSPS) is 19.1. The van der Waals surface area contributed by atoms with Crippen molar-refractivity contribution in [1.82, 2.24) is 9.62 Å². The lowest BCUT2D eigenvalue weighted by Gasteiger charge is -2.39. The lowest BCUT2D eigenvalue weighted by Crippen LogP contribution is -2.45. The van der Waals surface area contributed by atoms with Gasteiger partial charge in [0, 0.05) is 30.3 Å². The molecule has 1 amide bonds. The van der Waals surface area contributed by atoms with Gasteiger partial charge in [0.15, 0.2) is 6.29 Å². The van der Waals surface area contributed by atoms with Crippen LogP contribution in [0.5, 0.6) is 0 Å². The number of sulfonamides is 1. The standard InChI is InChI=1S/C44H49N3O7S/c1-30-14-24-39(25-15-30)55(51,52)46-40(26-32-10-6-4-7-11-32)43(50)45-37-22-20-36(21-23-37)44-53-38(27-41(54-44)34-18-16-33(29-48)17-19-34)28-47(3)31(2)42(49)35-12-8-5-9-13-35/h4-25,31,38,40-42,44,46,48-49H,26-29H2,1-3H3,(H,45,50). The van der Waals surface area contributed by atoms with Gasteiger partial charge in [-0.05, 0) is 73.8 Å². The SMILES string of the molecule is Cc1ccc(S(=O)(=O)NC(Cc2ccccc2)C(=O)Nc2ccc(C3OC(CN(C)C(C)C(O)c4ccccc4)CC(c4ccc(CO)cc4)O3)cc2)cc1. The number of aryl methyl sites for hydroxylation is 1. The number of anilines is 1. The molecule has 5 aromatic rings. The summed E-state index contributed by atoms with van der Waals surface area (Å²) in [4.78, 5) is 15.9. The number of carbonyl (C=O) groups excluding carboxylic acids is 1. The van der Waals surface area contributed by atoms with Crippen LogP contribution in [0.15, 0.2) is 138 Å². The van der Waals surface area contributed by atoms with Crippen molar-refractivity contribution in [2.75, 3.05) is 18.9 Å². The Bertz CT molecular complexity index is 2080. The third-order valence-electron chi connectivity index (χ3n) is 10.1. The lowest BCUT2D eigenvalue weighted by molar-refractivity contribution is -0.253. The summed E-state index contributed by atoms with van der Waals surface area (Å²) in [7, 11) is -2.03. The Labute approximate surface area is 323 Å². The Balaban J connectivity index is 1.18. The summed E-state index contributed by atoms with van der Waals surface area (Å²) in [6.07, 6.45) is -1.26. The highest BCUT2D eigenvalue weighted by molar-refractivity contribution is 7.89. The molecule has 1 aliphatic rings. The fourth-order valence-electron chi connectivity index (χ4n) is 6.65. The van der Waals surface area contributed by atoms with Crippen LogP contribution in [-0.2, 0) is 37.3 Å². The molecule has 0 aliphatic carbocycles. The Hall–Kier alpha value is -4.72. The number of hydrogen-bond acceptors (Lipinski definition) is 8. The van der Waals surface area contributed by atoms with Crippen LogP contribution in [0, 0.1) is 6.92 Å². The van der Waals surface area contributed by atoms with Crippen molar-refractivity contribution in [3.05, 3.63) is 167 Å². The third-order valence-corrected chi connectivity index (χ3v) is 11.6. The van der Waals surface area contributed by atoms with Gasteiger partial charge in [-0.25, -0.2) is 8.42 Å². The van der Waals surface area contributed by atoms with E-state index in [4.69, 9.17) is 9.47 Å². The Morgan fingerprint density at radius 3 is 2.07 bits per heavy atom. The summed E-state index contributed by atoms with van der Waals surface area (Å²) in [5, 5.41) is 23.6. The van der Waals surface area contributed by atoms with Crippen LogP contribution in [0.1, 0.15) is 65.2 Å². The number of benzene rings is 5. The summed E-state index contributed by atoms with van der Waals surface area (Å²) < 4.78 is 42.4. The van der Waals surface area contributed by atoms with E-state index in [0.717, 1.165) is 33.4 Å². The predicted octanol–water partition coefficient (Wildman–Crippen LogP) is 6.61. The van der Waals surface area contributed by atoms with Crippen molar-refractivity contribution >= 4 is 21.6 Å². The van der Waals surface area contributed by atoms with Crippen molar-refractivity contribution in [3.8, 4) is 0 Å². The number of aliphatic hydroxyl groups excluding tert-OH is 2. The first-order valence-corrected chi connectivity index (χ1v) is 19.9. The van der Waals surface area contributed by atoms with Crippen molar-refractivity contribution < 1.29 is 32.9 Å². The first-order chi connectivity index (χ1) is 26.5. The number of nitrogens with one attached hydrogen (secondary N) is 2. The molecule has 0 saturated carbocycles. The molecular formula is C44H49N3O7S. The Morgan fingerprint density at radius 2 is 1.44 bits per heavy atom. The van der Waals surface area contributed by atoms with Crippen LogP contribution in [0.2, 0.25) is 0 Å². The fraction of sp³-hybridized carbons (Fsp3) is 0.295. The molecular weight excluding hydrogens is 715 g/mol. The second-order valence-corrected chi connectivity index (χ2v) is 15.9. The van der Waals surface area contributed by atoms with Gasteiger partial charge in [-0.3, -0.25) is 9.69 Å². The highest BCUT2D eigenvalue weighted by Crippen LogP contribution is 2.39. The van der Waals surface area contributed by atoms with E-state index >= 15 is 0 Å². The number of hydrogen-bond donors (Lipinski definition) is 4. The van der Waals surface area contributed by atoms with Crippen LogP contribution < -0.4 is 10.0 Å². The van der Waals surface area contributed by atoms with Gasteiger partial charge in [-0.1, -0.05) is 115 Å². The van der Waals surface area contributed by atoms with Crippen LogP contribution in [0.3, 0.4) is 0 Å². The van der Waals surface area contributed by atoms with Crippen molar-refractivity contribution in [2.24, 2.45) is 0 Å². The molecule has 11 heteroatoms. The molecule has 5 aromatic carbocycles. The van der Waals surface area contributed by atoms with E-state index in [1.807, 2.05) is 118 Å². The number of nitrogens with zero attached hydrogens (tertiary/aromatic N) is 1. The summed E-state index contributed by atoms with van der Waals surface area (Å²) in [5.74, 6) is -0.501. The van der Waals surface area contributed by atoms with Gasteiger partial charge in [0.2, 0.25) is 15.9 Å². The maximum atomic E-state index is 13.7. The Kier molecular flexibility index (Phi) is 13.3. The molecule has 1 aliphatic heterocycles. The van der Waals surface area contributed by atoms with Crippen LogP contribution in [0.25, 0.3) is 0 Å². The van der Waals surface area contributed by atoms with E-state index in [1.54, 1.807) is 24.3 Å². The van der Waals surface area contributed by atoms with Crippen LogP contribution in [-0.4, -0.2) is 61.2 Å². The Morgan fingerprint density at radius 1 is 0.818 bits per heavy atom. The molecule has 0 spiro atoms. The monoisotopic (exact) mass is 763 g/mol.